The van der Waals surface area contributed by atoms with Gasteiger partial charge in [0, 0.05) is 24.1 Å². The quantitative estimate of drug-likeness (QED) is 0.138. The van der Waals surface area contributed by atoms with E-state index in [2.05, 4.69) is 38.7 Å². The summed E-state index contributed by atoms with van der Waals surface area (Å²) < 4.78 is 19.6. The molecule has 228 valence electrons. The minimum Gasteiger partial charge on any atom is -0.636 e. The monoisotopic (exact) mass is 609 g/mol. The number of halogens is 1. The van der Waals surface area contributed by atoms with E-state index in [9.17, 15) is 4.79 Å². The highest BCUT2D eigenvalue weighted by atomic mass is 31.2. The third kappa shape index (κ3) is 6.76. The van der Waals surface area contributed by atoms with Gasteiger partial charge in [0.25, 0.3) is 0 Å². The number of hydrogen-bond acceptors (Lipinski definition) is 5. The van der Waals surface area contributed by atoms with Gasteiger partial charge in [0.15, 0.2) is 13.7 Å². The van der Waals surface area contributed by atoms with Crippen LogP contribution in [0.25, 0.3) is 6.08 Å². The molecular formula is C37H41FN3O2P. The van der Waals surface area contributed by atoms with Crippen LogP contribution in [0, 0.1) is 5.82 Å². The molecule has 4 aromatic carbocycles. The van der Waals surface area contributed by atoms with Crippen LogP contribution < -0.4 is 9.98 Å². The molecule has 0 unspecified atom stereocenters. The lowest BCUT2D eigenvalue weighted by Crippen LogP contribution is -2.48. The Morgan fingerprint density at radius 2 is 1.23 bits per heavy atom. The first-order valence-electron chi connectivity index (χ1n) is 15.3. The Hall–Kier alpha value is -3.51. The Labute approximate surface area is 261 Å². The van der Waals surface area contributed by atoms with Crippen LogP contribution in [0.5, 0.6) is 0 Å². The summed E-state index contributed by atoms with van der Waals surface area (Å²) in [5.74, 6) is -0.631. The van der Waals surface area contributed by atoms with Crippen molar-refractivity contribution in [2.75, 3.05) is 0 Å². The molecule has 5 rings (SSSR count). The van der Waals surface area contributed by atoms with Crippen LogP contribution in [-0.4, -0.2) is 27.2 Å². The van der Waals surface area contributed by atoms with Gasteiger partial charge in [0.05, 0.1) is 18.1 Å². The Morgan fingerprint density at radius 3 is 1.70 bits per heavy atom. The minimum absolute atomic E-state index is 0.0574. The van der Waals surface area contributed by atoms with Crippen LogP contribution in [0.2, 0.25) is 0 Å². The second-order valence-electron chi connectivity index (χ2n) is 11.8. The zero-order chi connectivity index (χ0) is 31.3. The molecule has 0 aromatic heterocycles. The molecule has 44 heavy (non-hydrogen) atoms. The van der Waals surface area contributed by atoms with Gasteiger partial charge in [-0.1, -0.05) is 115 Å². The van der Waals surface area contributed by atoms with Crippen LogP contribution in [0.3, 0.4) is 0 Å². The van der Waals surface area contributed by atoms with Crippen molar-refractivity contribution in [1.82, 2.24) is 14.4 Å². The summed E-state index contributed by atoms with van der Waals surface area (Å²) in [6.45, 7) is 8.17. The zero-order valence-electron chi connectivity index (χ0n) is 25.8. The molecule has 4 aromatic rings. The summed E-state index contributed by atoms with van der Waals surface area (Å²) in [5.41, 5.74) is 3.30. The summed E-state index contributed by atoms with van der Waals surface area (Å²) in [6.07, 6.45) is 3.23. The van der Waals surface area contributed by atoms with Gasteiger partial charge in [-0.15, -0.1) is 9.34 Å². The lowest BCUT2D eigenvalue weighted by molar-refractivity contribution is -0.198. The number of rotatable bonds is 11. The molecule has 1 aliphatic rings. The number of carbonyl (C=O) groups is 1. The predicted molar refractivity (Wildman–Crippen MR) is 177 cm³/mol. The van der Waals surface area contributed by atoms with Crippen LogP contribution >= 0.6 is 7.94 Å². The smallest absolute Gasteiger partial charge is 0.185 e. The van der Waals surface area contributed by atoms with Gasteiger partial charge in [-0.3, -0.25) is 4.79 Å². The summed E-state index contributed by atoms with van der Waals surface area (Å²) in [5, 5.41) is 3.45. The molecule has 1 N–H and O–H groups in total. The fourth-order valence-corrected chi connectivity index (χ4v) is 9.91. The maximum atomic E-state index is 15.9. The van der Waals surface area contributed by atoms with E-state index in [0.717, 1.165) is 16.7 Å². The van der Waals surface area contributed by atoms with Crippen molar-refractivity contribution in [3.05, 3.63) is 149 Å². The normalized spacial score (nSPS) is 19.6. The topological polar surface area (TPSA) is 58.6 Å². The Kier molecular flexibility index (Phi) is 10.2. The number of nitrogens with zero attached hydrogens (tertiary/aromatic N) is 2. The van der Waals surface area contributed by atoms with Gasteiger partial charge in [0.1, 0.15) is 5.82 Å². The van der Waals surface area contributed by atoms with Gasteiger partial charge in [0.2, 0.25) is 0 Å². The Balaban J connectivity index is 1.61. The second kappa shape index (κ2) is 14.1. The number of ketones is 1. The standard InChI is InChI=1S/C37H41FN3O2P/c1-27(2)40-36(30-18-10-6-11-19-30)37(31-20-12-7-13-21-31)41(28(3)4)44(40,43)39-35(33-22-14-15-23-34(33)38)26-32(42)25-24-29-16-8-5-9-17-29/h5-25,27-28,35-37H,26H2,1-4H3,(H,39,43)/b25-24+/t35-,36-,37-/m0/s1. The van der Waals surface area contributed by atoms with Gasteiger partial charge in [-0.25, -0.2) is 4.39 Å². The number of nitrogens with one attached hydrogen (secondary N) is 1. The summed E-state index contributed by atoms with van der Waals surface area (Å²) >= 11 is 0. The molecule has 3 atom stereocenters. The molecule has 1 fully saturated rings. The SMILES string of the molecule is CC(C)N1[C@@H](c2ccccc2)[C@H](c2ccccc2)N(C(C)C)[P+]1([O-])N[C@@H](CC(=O)/C=C/c1ccccc1)c1ccccc1F. The fraction of sp³-hybridized carbons (Fsp3) is 0.270. The van der Waals surface area contributed by atoms with Crippen molar-refractivity contribution in [2.45, 2.75) is 64.3 Å². The number of carbonyl (C=O) groups excluding carboxylic acids is 1. The van der Waals surface area contributed by atoms with Crippen molar-refractivity contribution >= 4 is 19.8 Å². The van der Waals surface area contributed by atoms with Crippen molar-refractivity contribution in [2.24, 2.45) is 0 Å². The van der Waals surface area contributed by atoms with Crippen molar-refractivity contribution in [3.8, 4) is 0 Å². The molecule has 0 bridgehead atoms. The Morgan fingerprint density at radius 1 is 0.773 bits per heavy atom. The summed E-state index contributed by atoms with van der Waals surface area (Å²) in [7, 11) is -3.65. The molecule has 0 aliphatic carbocycles. The van der Waals surface area contributed by atoms with E-state index in [0.29, 0.717) is 5.56 Å². The highest BCUT2D eigenvalue weighted by Gasteiger charge is 2.62. The van der Waals surface area contributed by atoms with E-state index in [1.165, 1.54) is 12.1 Å². The van der Waals surface area contributed by atoms with Crippen LogP contribution in [0.1, 0.15) is 74.5 Å². The average Bonchev–Trinajstić information content (AvgIpc) is 3.30. The highest BCUT2D eigenvalue weighted by Crippen LogP contribution is 2.72. The van der Waals surface area contributed by atoms with E-state index in [1.807, 2.05) is 94.4 Å². The van der Waals surface area contributed by atoms with Gasteiger partial charge in [-0.05, 0) is 56.5 Å². The van der Waals surface area contributed by atoms with E-state index >= 15 is 9.28 Å². The molecule has 0 spiro atoms. The van der Waals surface area contributed by atoms with E-state index in [-0.39, 0.29) is 36.4 Å². The highest BCUT2D eigenvalue weighted by molar-refractivity contribution is 7.62. The summed E-state index contributed by atoms with van der Waals surface area (Å²) in [4.78, 5) is 29.3. The molecule has 0 saturated carbocycles. The van der Waals surface area contributed by atoms with Gasteiger partial charge < -0.3 is 4.89 Å². The van der Waals surface area contributed by atoms with Crippen molar-refractivity contribution < 1.29 is 14.1 Å². The van der Waals surface area contributed by atoms with Crippen LogP contribution in [0.15, 0.2) is 121 Å². The van der Waals surface area contributed by atoms with Crippen molar-refractivity contribution in [1.29, 1.82) is 0 Å². The first kappa shape index (κ1) is 31.9. The first-order chi connectivity index (χ1) is 21.2. The fourth-order valence-electron chi connectivity index (χ4n) is 6.33. The largest absolute Gasteiger partial charge is 0.636 e. The molecular weight excluding hydrogens is 568 g/mol. The van der Waals surface area contributed by atoms with Crippen molar-refractivity contribution in [3.63, 3.8) is 0 Å². The molecule has 1 heterocycles. The van der Waals surface area contributed by atoms with E-state index in [4.69, 9.17) is 0 Å². The second-order valence-corrected chi connectivity index (χ2v) is 14.1. The number of allylic oxidation sites excluding steroid dienone is 1. The van der Waals surface area contributed by atoms with Gasteiger partial charge in [-0.2, -0.15) is 5.09 Å². The first-order valence-corrected chi connectivity index (χ1v) is 16.9. The zero-order valence-corrected chi connectivity index (χ0v) is 26.6. The lowest BCUT2D eigenvalue weighted by atomic mass is 9.92. The van der Waals surface area contributed by atoms with E-state index < -0.39 is 19.8 Å². The number of benzene rings is 4. The van der Waals surface area contributed by atoms with Crippen LogP contribution in [0.4, 0.5) is 4.39 Å². The average molecular weight is 610 g/mol. The number of hydrogen-bond donors (Lipinski definition) is 1. The van der Waals surface area contributed by atoms with Gasteiger partial charge >= 0.3 is 0 Å². The van der Waals surface area contributed by atoms with E-state index in [1.54, 1.807) is 24.3 Å². The molecule has 1 saturated heterocycles. The lowest BCUT2D eigenvalue weighted by Gasteiger charge is -2.45. The maximum absolute atomic E-state index is 15.9. The minimum atomic E-state index is -3.65. The Bertz CT molecular complexity index is 1490. The molecule has 0 radical (unpaired) electrons. The molecule has 7 heteroatoms. The predicted octanol–water partition coefficient (Wildman–Crippen LogP) is 8.08. The molecule has 1 aliphatic heterocycles. The third-order valence-electron chi connectivity index (χ3n) is 8.11. The summed E-state index contributed by atoms with van der Waals surface area (Å²) in [6, 6.07) is 34.7. The van der Waals surface area contributed by atoms with Crippen LogP contribution in [-0.2, 0) is 4.79 Å². The maximum Gasteiger partial charge on any atom is 0.185 e. The third-order valence-corrected chi connectivity index (χ3v) is 11.4. The molecule has 0 amide bonds. The molecule has 5 nitrogen and oxygen atoms in total.